The zero-order chi connectivity index (χ0) is 11.4. The van der Waals surface area contributed by atoms with Crippen LogP contribution in [-0.4, -0.2) is 38.7 Å². The van der Waals surface area contributed by atoms with Gasteiger partial charge in [-0.15, -0.1) is 0 Å². The summed E-state index contributed by atoms with van der Waals surface area (Å²) in [5.74, 6) is 0.636. The molecule has 5 heteroatoms. The highest BCUT2D eigenvalue weighted by molar-refractivity contribution is 8.13. The van der Waals surface area contributed by atoms with Crippen molar-refractivity contribution in [1.82, 2.24) is 4.90 Å². The van der Waals surface area contributed by atoms with Crippen LogP contribution in [0.25, 0.3) is 0 Å². The Bertz CT molecular complexity index is 252. The van der Waals surface area contributed by atoms with Crippen LogP contribution in [0.4, 0.5) is 0 Å². The van der Waals surface area contributed by atoms with Gasteiger partial charge in [-0.1, -0.05) is 13.8 Å². The van der Waals surface area contributed by atoms with Gasteiger partial charge in [-0.05, 0) is 32.9 Å². The molecule has 0 N–H and O–H groups in total. The predicted octanol–water partition coefficient (Wildman–Crippen LogP) is 1.92. The second-order valence-electron chi connectivity index (χ2n) is 4.06. The van der Waals surface area contributed by atoms with Crippen molar-refractivity contribution in [3.8, 4) is 0 Å². The maximum atomic E-state index is 10.7. The van der Waals surface area contributed by atoms with Crippen LogP contribution in [0.3, 0.4) is 0 Å². The van der Waals surface area contributed by atoms with Crippen LogP contribution in [0.1, 0.15) is 27.2 Å². The number of halogens is 1. The van der Waals surface area contributed by atoms with Gasteiger partial charge in [0.15, 0.2) is 0 Å². The highest BCUT2D eigenvalue weighted by atomic mass is 35.7. The van der Waals surface area contributed by atoms with Crippen LogP contribution in [0.5, 0.6) is 0 Å². The summed E-state index contributed by atoms with van der Waals surface area (Å²) in [6.07, 6.45) is 0.597. The molecule has 86 valence electrons. The van der Waals surface area contributed by atoms with Gasteiger partial charge in [0, 0.05) is 16.7 Å². The summed E-state index contributed by atoms with van der Waals surface area (Å²) in [5.41, 5.74) is 0. The smallest absolute Gasteiger partial charge is 0.232 e. The highest BCUT2D eigenvalue weighted by Gasteiger charge is 2.13. The number of rotatable bonds is 6. The van der Waals surface area contributed by atoms with Gasteiger partial charge in [0.2, 0.25) is 9.05 Å². The standard InChI is InChI=1S/C9H20ClNO2S/c1-8(2)9(3)11(4)6-5-7-14(10,12)13/h8-9H,5-7H2,1-4H3. The average molecular weight is 242 g/mol. The number of nitrogens with zero attached hydrogens (tertiary/aromatic N) is 1. The van der Waals surface area contributed by atoms with Crippen molar-refractivity contribution in [1.29, 1.82) is 0 Å². The predicted molar refractivity (Wildman–Crippen MR) is 61.2 cm³/mol. The van der Waals surface area contributed by atoms with Crippen molar-refractivity contribution in [3.05, 3.63) is 0 Å². The summed E-state index contributed by atoms with van der Waals surface area (Å²) in [6.45, 7) is 7.21. The minimum atomic E-state index is -3.32. The molecular weight excluding hydrogens is 222 g/mol. The molecule has 0 aliphatic rings. The van der Waals surface area contributed by atoms with Gasteiger partial charge in [0.25, 0.3) is 0 Å². The van der Waals surface area contributed by atoms with E-state index in [0.717, 1.165) is 6.54 Å². The van der Waals surface area contributed by atoms with E-state index in [1.54, 1.807) is 0 Å². The molecule has 0 saturated carbocycles. The van der Waals surface area contributed by atoms with E-state index < -0.39 is 9.05 Å². The van der Waals surface area contributed by atoms with E-state index in [9.17, 15) is 8.42 Å². The molecule has 1 unspecified atom stereocenters. The van der Waals surface area contributed by atoms with E-state index in [1.807, 2.05) is 7.05 Å². The topological polar surface area (TPSA) is 37.4 Å². The summed E-state index contributed by atoms with van der Waals surface area (Å²) >= 11 is 0. The van der Waals surface area contributed by atoms with Gasteiger partial charge in [-0.2, -0.15) is 0 Å². The third-order valence-electron chi connectivity index (χ3n) is 2.56. The normalized spacial score (nSPS) is 15.1. The van der Waals surface area contributed by atoms with Crippen LogP contribution in [0, 0.1) is 5.92 Å². The molecule has 0 aliphatic carbocycles. The van der Waals surface area contributed by atoms with Gasteiger partial charge in [-0.25, -0.2) is 8.42 Å². The van der Waals surface area contributed by atoms with E-state index in [0.29, 0.717) is 18.4 Å². The molecule has 0 aliphatic heterocycles. The fourth-order valence-corrected chi connectivity index (χ4v) is 2.00. The Morgan fingerprint density at radius 1 is 1.29 bits per heavy atom. The van der Waals surface area contributed by atoms with Gasteiger partial charge < -0.3 is 4.90 Å². The third kappa shape index (κ3) is 6.62. The third-order valence-corrected chi connectivity index (χ3v) is 3.80. The minimum Gasteiger partial charge on any atom is -0.303 e. The summed E-state index contributed by atoms with van der Waals surface area (Å²) in [4.78, 5) is 2.16. The van der Waals surface area contributed by atoms with Crippen LogP contribution in [0.2, 0.25) is 0 Å². The molecule has 0 amide bonds. The quantitative estimate of drug-likeness (QED) is 0.667. The molecule has 0 saturated heterocycles. The van der Waals surface area contributed by atoms with Crippen molar-refractivity contribution in [2.75, 3.05) is 19.3 Å². The minimum absolute atomic E-state index is 0.0592. The molecule has 0 heterocycles. The summed E-state index contributed by atoms with van der Waals surface area (Å²) in [6, 6.07) is 0.466. The van der Waals surface area contributed by atoms with E-state index in [4.69, 9.17) is 10.7 Å². The number of hydrogen-bond donors (Lipinski definition) is 0. The highest BCUT2D eigenvalue weighted by Crippen LogP contribution is 2.09. The first-order chi connectivity index (χ1) is 6.24. The molecule has 0 aromatic carbocycles. The Balaban J connectivity index is 3.80. The van der Waals surface area contributed by atoms with Crippen molar-refractivity contribution in [2.24, 2.45) is 5.92 Å². The SMILES string of the molecule is CC(C)C(C)N(C)CCCS(=O)(=O)Cl. The summed E-state index contributed by atoms with van der Waals surface area (Å²) in [5, 5.41) is 0. The molecule has 1 atom stereocenters. The summed E-state index contributed by atoms with van der Waals surface area (Å²) < 4.78 is 21.3. The van der Waals surface area contributed by atoms with Crippen LogP contribution in [-0.2, 0) is 9.05 Å². The Morgan fingerprint density at radius 3 is 2.14 bits per heavy atom. The molecule has 0 aromatic heterocycles. The molecular formula is C9H20ClNO2S. The molecule has 0 bridgehead atoms. The van der Waals surface area contributed by atoms with Gasteiger partial charge >= 0.3 is 0 Å². The fraction of sp³-hybridized carbons (Fsp3) is 1.00. The maximum absolute atomic E-state index is 10.7. The van der Waals surface area contributed by atoms with Crippen molar-refractivity contribution in [3.63, 3.8) is 0 Å². The maximum Gasteiger partial charge on any atom is 0.232 e. The largest absolute Gasteiger partial charge is 0.303 e. The molecule has 0 aromatic rings. The Morgan fingerprint density at radius 2 is 1.79 bits per heavy atom. The Labute approximate surface area is 91.9 Å². The van der Waals surface area contributed by atoms with E-state index in [-0.39, 0.29) is 5.75 Å². The van der Waals surface area contributed by atoms with Crippen molar-refractivity contribution in [2.45, 2.75) is 33.2 Å². The molecule has 0 spiro atoms. The van der Waals surface area contributed by atoms with Gasteiger partial charge in [0.05, 0.1) is 5.75 Å². The van der Waals surface area contributed by atoms with E-state index >= 15 is 0 Å². The fourth-order valence-electron chi connectivity index (χ4n) is 1.20. The lowest BCUT2D eigenvalue weighted by Crippen LogP contribution is -2.34. The first kappa shape index (κ1) is 14.2. The molecule has 14 heavy (non-hydrogen) atoms. The molecule has 0 radical (unpaired) electrons. The zero-order valence-corrected chi connectivity index (χ0v) is 10.9. The van der Waals surface area contributed by atoms with Crippen LogP contribution in [0.15, 0.2) is 0 Å². The van der Waals surface area contributed by atoms with Gasteiger partial charge in [0.1, 0.15) is 0 Å². The Kier molecular flexibility index (Phi) is 6.02. The van der Waals surface area contributed by atoms with Crippen molar-refractivity contribution >= 4 is 19.7 Å². The van der Waals surface area contributed by atoms with Crippen molar-refractivity contribution < 1.29 is 8.42 Å². The van der Waals surface area contributed by atoms with E-state index in [2.05, 4.69) is 25.7 Å². The second-order valence-corrected chi connectivity index (χ2v) is 6.96. The lowest BCUT2D eigenvalue weighted by atomic mass is 10.1. The lowest BCUT2D eigenvalue weighted by molar-refractivity contribution is 0.209. The number of hydrogen-bond acceptors (Lipinski definition) is 3. The lowest BCUT2D eigenvalue weighted by Gasteiger charge is -2.27. The van der Waals surface area contributed by atoms with E-state index in [1.165, 1.54) is 0 Å². The molecule has 0 fully saturated rings. The van der Waals surface area contributed by atoms with Crippen LogP contribution < -0.4 is 0 Å². The zero-order valence-electron chi connectivity index (χ0n) is 9.33. The first-order valence-electron chi connectivity index (χ1n) is 4.86. The first-order valence-corrected chi connectivity index (χ1v) is 7.34. The van der Waals surface area contributed by atoms with Crippen LogP contribution >= 0.6 is 10.7 Å². The molecule has 0 rings (SSSR count). The Hall–Kier alpha value is 0.200. The second kappa shape index (κ2) is 5.93. The van der Waals surface area contributed by atoms with Gasteiger partial charge in [-0.3, -0.25) is 0 Å². The monoisotopic (exact) mass is 241 g/mol. The molecule has 3 nitrogen and oxygen atoms in total. The average Bonchev–Trinajstić information content (AvgIpc) is 2.00. The summed E-state index contributed by atoms with van der Waals surface area (Å²) in [7, 11) is 3.80.